The molecule has 0 bridgehead atoms. The number of rotatable bonds is 2. The normalized spacial score (nSPS) is 24.3. The zero-order valence-electron chi connectivity index (χ0n) is 10.4. The molecule has 0 aliphatic carbocycles. The lowest BCUT2D eigenvalue weighted by molar-refractivity contribution is -0.183. The van der Waals surface area contributed by atoms with Gasteiger partial charge in [0, 0.05) is 6.04 Å². The number of methoxy groups -OCH3 is 1. The number of halogens is 4. The van der Waals surface area contributed by atoms with Crippen LogP contribution in [0.15, 0.2) is 18.2 Å². The van der Waals surface area contributed by atoms with E-state index < -0.39 is 24.0 Å². The number of hydrogen-bond donors (Lipinski definition) is 1. The molecule has 0 amide bonds. The summed E-state index contributed by atoms with van der Waals surface area (Å²) in [6.07, 6.45) is -4.18. The van der Waals surface area contributed by atoms with E-state index in [1.165, 1.54) is 19.2 Å². The molecule has 1 aliphatic rings. The molecule has 1 aromatic rings. The van der Waals surface area contributed by atoms with E-state index >= 15 is 0 Å². The van der Waals surface area contributed by atoms with Crippen molar-refractivity contribution in [2.75, 3.05) is 13.7 Å². The van der Waals surface area contributed by atoms with E-state index in [0.717, 1.165) is 0 Å². The van der Waals surface area contributed by atoms with Gasteiger partial charge < -0.3 is 10.1 Å². The van der Waals surface area contributed by atoms with Crippen LogP contribution in [0.25, 0.3) is 0 Å². The van der Waals surface area contributed by atoms with E-state index in [9.17, 15) is 17.6 Å². The summed E-state index contributed by atoms with van der Waals surface area (Å²) in [6.45, 7) is 0.280. The summed E-state index contributed by atoms with van der Waals surface area (Å²) in [6, 6.07) is 3.79. The predicted molar refractivity (Wildman–Crippen MR) is 62.5 cm³/mol. The van der Waals surface area contributed by atoms with Gasteiger partial charge in [-0.1, -0.05) is 6.07 Å². The molecule has 0 radical (unpaired) electrons. The van der Waals surface area contributed by atoms with E-state index in [4.69, 9.17) is 4.74 Å². The fourth-order valence-corrected chi connectivity index (χ4v) is 2.37. The Hall–Kier alpha value is -1.30. The maximum Gasteiger partial charge on any atom is 0.391 e. The number of ether oxygens (including phenoxy) is 1. The van der Waals surface area contributed by atoms with Crippen molar-refractivity contribution in [1.29, 1.82) is 0 Å². The molecule has 2 nitrogen and oxygen atoms in total. The average molecular weight is 277 g/mol. The maximum absolute atomic E-state index is 13.6. The minimum absolute atomic E-state index is 0.0602. The second-order valence-electron chi connectivity index (χ2n) is 4.66. The van der Waals surface area contributed by atoms with Crippen molar-refractivity contribution in [1.82, 2.24) is 5.32 Å². The standard InChI is InChI=1S/C13H15F4NO/c1-19-12-3-2-8(6-10(12)14)11-7-9(4-5-18-11)13(15,16)17/h2-3,6,9,11,18H,4-5,7H2,1H3. The van der Waals surface area contributed by atoms with Gasteiger partial charge in [-0.2, -0.15) is 13.2 Å². The van der Waals surface area contributed by atoms with Crippen molar-refractivity contribution in [3.8, 4) is 5.75 Å². The quantitative estimate of drug-likeness (QED) is 0.836. The molecule has 0 spiro atoms. The molecule has 6 heteroatoms. The lowest BCUT2D eigenvalue weighted by Gasteiger charge is -2.32. The van der Waals surface area contributed by atoms with E-state index in [-0.39, 0.29) is 25.1 Å². The number of piperidine rings is 1. The Morgan fingerprint density at radius 1 is 1.32 bits per heavy atom. The van der Waals surface area contributed by atoms with Crippen LogP contribution in [0.5, 0.6) is 5.75 Å². The van der Waals surface area contributed by atoms with Gasteiger partial charge in [0.2, 0.25) is 0 Å². The van der Waals surface area contributed by atoms with Crippen LogP contribution in [0.2, 0.25) is 0 Å². The Labute approximate surface area is 108 Å². The van der Waals surface area contributed by atoms with Gasteiger partial charge in [0.25, 0.3) is 0 Å². The zero-order valence-corrected chi connectivity index (χ0v) is 10.4. The third-order valence-electron chi connectivity index (χ3n) is 3.44. The molecule has 2 unspecified atom stereocenters. The lowest BCUT2D eigenvalue weighted by atomic mass is 9.88. The largest absolute Gasteiger partial charge is 0.494 e. The van der Waals surface area contributed by atoms with E-state index in [2.05, 4.69) is 5.32 Å². The van der Waals surface area contributed by atoms with Gasteiger partial charge in [0.15, 0.2) is 11.6 Å². The van der Waals surface area contributed by atoms with Gasteiger partial charge in [-0.15, -0.1) is 0 Å². The highest BCUT2D eigenvalue weighted by atomic mass is 19.4. The number of nitrogens with one attached hydrogen (secondary N) is 1. The van der Waals surface area contributed by atoms with Crippen LogP contribution in [0.1, 0.15) is 24.4 Å². The molecule has 1 saturated heterocycles. The third-order valence-corrected chi connectivity index (χ3v) is 3.44. The molecule has 0 aromatic heterocycles. The molecule has 1 aliphatic heterocycles. The van der Waals surface area contributed by atoms with Crippen LogP contribution < -0.4 is 10.1 Å². The maximum atomic E-state index is 13.6. The Bertz CT molecular complexity index is 447. The highest BCUT2D eigenvalue weighted by Gasteiger charge is 2.42. The summed E-state index contributed by atoms with van der Waals surface area (Å²) in [7, 11) is 1.34. The Kier molecular flexibility index (Phi) is 3.99. The van der Waals surface area contributed by atoms with Crippen molar-refractivity contribution in [2.45, 2.75) is 25.1 Å². The minimum Gasteiger partial charge on any atom is -0.494 e. The van der Waals surface area contributed by atoms with Crippen LogP contribution >= 0.6 is 0 Å². The Balaban J connectivity index is 2.15. The van der Waals surface area contributed by atoms with Crippen molar-refractivity contribution >= 4 is 0 Å². The molecule has 19 heavy (non-hydrogen) atoms. The number of benzene rings is 1. The van der Waals surface area contributed by atoms with Crippen molar-refractivity contribution in [3.63, 3.8) is 0 Å². The monoisotopic (exact) mass is 277 g/mol. The summed E-state index contributed by atoms with van der Waals surface area (Å²) in [5.41, 5.74) is 0.521. The third kappa shape index (κ3) is 3.18. The Morgan fingerprint density at radius 3 is 2.63 bits per heavy atom. The molecule has 1 fully saturated rings. The van der Waals surface area contributed by atoms with Crippen molar-refractivity contribution in [3.05, 3.63) is 29.6 Å². The van der Waals surface area contributed by atoms with Gasteiger partial charge in [-0.05, 0) is 37.1 Å². The summed E-state index contributed by atoms with van der Waals surface area (Å²) in [4.78, 5) is 0. The first-order chi connectivity index (χ1) is 8.91. The van der Waals surface area contributed by atoms with Gasteiger partial charge in [0.1, 0.15) is 0 Å². The highest BCUT2D eigenvalue weighted by Crippen LogP contribution is 2.38. The summed E-state index contributed by atoms with van der Waals surface area (Å²) >= 11 is 0. The van der Waals surface area contributed by atoms with Crippen molar-refractivity contribution in [2.24, 2.45) is 5.92 Å². The highest BCUT2D eigenvalue weighted by molar-refractivity contribution is 5.31. The molecule has 2 rings (SSSR count). The van der Waals surface area contributed by atoms with E-state index in [1.54, 1.807) is 6.07 Å². The molecule has 1 N–H and O–H groups in total. The summed E-state index contributed by atoms with van der Waals surface area (Å²) in [5.74, 6) is -1.80. The van der Waals surface area contributed by atoms with E-state index in [0.29, 0.717) is 5.56 Å². The van der Waals surface area contributed by atoms with Crippen LogP contribution in [0, 0.1) is 11.7 Å². The smallest absolute Gasteiger partial charge is 0.391 e. The fourth-order valence-electron chi connectivity index (χ4n) is 2.37. The molecule has 106 valence electrons. The molecule has 2 atom stereocenters. The lowest BCUT2D eigenvalue weighted by Crippen LogP contribution is -2.38. The van der Waals surface area contributed by atoms with E-state index in [1.807, 2.05) is 0 Å². The van der Waals surface area contributed by atoms with Gasteiger partial charge >= 0.3 is 6.18 Å². The van der Waals surface area contributed by atoms with Crippen molar-refractivity contribution < 1.29 is 22.3 Å². The van der Waals surface area contributed by atoms with Crippen LogP contribution in [-0.4, -0.2) is 19.8 Å². The van der Waals surface area contributed by atoms with Crippen LogP contribution in [-0.2, 0) is 0 Å². The van der Waals surface area contributed by atoms with Gasteiger partial charge in [0.05, 0.1) is 13.0 Å². The second-order valence-corrected chi connectivity index (χ2v) is 4.66. The average Bonchev–Trinajstić information content (AvgIpc) is 2.38. The molecule has 0 saturated carbocycles. The molecule has 1 heterocycles. The number of alkyl halides is 3. The van der Waals surface area contributed by atoms with Crippen LogP contribution in [0.4, 0.5) is 17.6 Å². The summed E-state index contributed by atoms with van der Waals surface area (Å²) < 4.78 is 56.5. The van der Waals surface area contributed by atoms with Gasteiger partial charge in [-0.3, -0.25) is 0 Å². The molecular weight excluding hydrogens is 262 g/mol. The minimum atomic E-state index is -4.19. The second kappa shape index (κ2) is 5.36. The molecular formula is C13H15F4NO. The SMILES string of the molecule is COc1ccc(C2CC(C(F)(F)F)CCN2)cc1F. The topological polar surface area (TPSA) is 21.3 Å². The first kappa shape index (κ1) is 14.1. The van der Waals surface area contributed by atoms with Crippen LogP contribution in [0.3, 0.4) is 0 Å². The number of hydrogen-bond acceptors (Lipinski definition) is 2. The first-order valence-corrected chi connectivity index (χ1v) is 6.05. The predicted octanol–water partition coefficient (Wildman–Crippen LogP) is 3.44. The fraction of sp³-hybridized carbons (Fsp3) is 0.538. The van der Waals surface area contributed by atoms with Gasteiger partial charge in [-0.25, -0.2) is 4.39 Å². The Morgan fingerprint density at radius 2 is 2.05 bits per heavy atom. The summed E-state index contributed by atoms with van der Waals surface area (Å²) in [5, 5.41) is 2.99. The molecule has 1 aromatic carbocycles. The first-order valence-electron chi connectivity index (χ1n) is 6.05. The zero-order chi connectivity index (χ0) is 14.0.